The van der Waals surface area contributed by atoms with Gasteiger partial charge in [-0.05, 0) is 19.1 Å². The van der Waals surface area contributed by atoms with Crippen LogP contribution in [0.5, 0.6) is 0 Å². The molecule has 19 heavy (non-hydrogen) atoms. The molecule has 1 heterocycles. The Kier molecular flexibility index (Phi) is 3.49. The van der Waals surface area contributed by atoms with Crippen molar-refractivity contribution in [3.05, 3.63) is 40.4 Å². The predicted octanol–water partition coefficient (Wildman–Crippen LogP) is 2.79. The molecule has 0 aliphatic heterocycles. The molecule has 2 aromatic rings. The highest BCUT2D eigenvalue weighted by atomic mass is 32.1. The molecule has 1 aromatic carbocycles. The van der Waals surface area contributed by atoms with Crippen LogP contribution >= 0.6 is 11.3 Å². The molecule has 5 nitrogen and oxygen atoms in total. The molecule has 0 saturated heterocycles. The van der Waals surface area contributed by atoms with E-state index in [1.54, 1.807) is 37.1 Å². The first-order valence-electron chi connectivity index (χ1n) is 5.48. The number of carboxylic acid groups (broad SMARTS) is 1. The SMILES string of the molecule is Cc1nc(N(C)c2ccccc2C#N)sc1C(=O)O. The highest BCUT2D eigenvalue weighted by molar-refractivity contribution is 7.17. The van der Waals surface area contributed by atoms with E-state index in [4.69, 9.17) is 10.4 Å². The van der Waals surface area contributed by atoms with Crippen LogP contribution in [-0.2, 0) is 0 Å². The van der Waals surface area contributed by atoms with Crippen LogP contribution in [0, 0.1) is 18.3 Å². The number of nitriles is 1. The van der Waals surface area contributed by atoms with Crippen molar-refractivity contribution in [1.82, 2.24) is 4.98 Å². The predicted molar refractivity (Wildman–Crippen MR) is 73.0 cm³/mol. The summed E-state index contributed by atoms with van der Waals surface area (Å²) >= 11 is 1.10. The molecule has 0 amide bonds. The van der Waals surface area contributed by atoms with Gasteiger partial charge in [-0.1, -0.05) is 23.5 Å². The lowest BCUT2D eigenvalue weighted by Gasteiger charge is -2.16. The Morgan fingerprint density at radius 2 is 2.16 bits per heavy atom. The third kappa shape index (κ3) is 2.41. The quantitative estimate of drug-likeness (QED) is 0.930. The van der Waals surface area contributed by atoms with Crippen molar-refractivity contribution in [3.8, 4) is 6.07 Å². The average molecular weight is 273 g/mol. The lowest BCUT2D eigenvalue weighted by atomic mass is 10.2. The fourth-order valence-electron chi connectivity index (χ4n) is 1.69. The normalized spacial score (nSPS) is 9.95. The molecule has 1 aromatic heterocycles. The van der Waals surface area contributed by atoms with Crippen molar-refractivity contribution >= 4 is 28.1 Å². The highest BCUT2D eigenvalue weighted by Gasteiger charge is 2.18. The van der Waals surface area contributed by atoms with E-state index >= 15 is 0 Å². The molecule has 6 heteroatoms. The Hall–Kier alpha value is -2.39. The van der Waals surface area contributed by atoms with Crippen molar-refractivity contribution < 1.29 is 9.90 Å². The molecular weight excluding hydrogens is 262 g/mol. The number of para-hydroxylation sites is 1. The number of aryl methyl sites for hydroxylation is 1. The van der Waals surface area contributed by atoms with E-state index in [1.807, 2.05) is 6.07 Å². The number of aromatic nitrogens is 1. The topological polar surface area (TPSA) is 77.2 Å². The Balaban J connectivity index is 2.45. The maximum Gasteiger partial charge on any atom is 0.347 e. The number of hydrogen-bond acceptors (Lipinski definition) is 5. The third-order valence-corrected chi connectivity index (χ3v) is 3.87. The van der Waals surface area contributed by atoms with E-state index < -0.39 is 5.97 Å². The van der Waals surface area contributed by atoms with Crippen LogP contribution in [0.15, 0.2) is 24.3 Å². The standard InChI is InChI=1S/C13H11N3O2S/c1-8-11(12(17)18)19-13(15-8)16(2)10-6-4-3-5-9(10)7-14/h3-6H,1-2H3,(H,17,18). The highest BCUT2D eigenvalue weighted by Crippen LogP contribution is 2.31. The van der Waals surface area contributed by atoms with Gasteiger partial charge in [-0.15, -0.1) is 0 Å². The number of thiazole rings is 1. The summed E-state index contributed by atoms with van der Waals surface area (Å²) in [5.74, 6) is -0.983. The molecule has 0 aliphatic rings. The summed E-state index contributed by atoms with van der Waals surface area (Å²) in [6.45, 7) is 1.66. The number of nitrogens with zero attached hydrogens (tertiary/aromatic N) is 3. The van der Waals surface area contributed by atoms with Crippen LogP contribution in [0.1, 0.15) is 20.9 Å². The maximum absolute atomic E-state index is 11.0. The monoisotopic (exact) mass is 273 g/mol. The van der Waals surface area contributed by atoms with Gasteiger partial charge in [0.2, 0.25) is 0 Å². The lowest BCUT2D eigenvalue weighted by molar-refractivity contribution is 0.0701. The fourth-order valence-corrected chi connectivity index (χ4v) is 2.57. The molecule has 0 bridgehead atoms. The van der Waals surface area contributed by atoms with Crippen molar-refractivity contribution in [1.29, 1.82) is 5.26 Å². The summed E-state index contributed by atoms with van der Waals surface area (Å²) in [6.07, 6.45) is 0. The second-order valence-electron chi connectivity index (χ2n) is 3.90. The molecule has 96 valence electrons. The maximum atomic E-state index is 11.0. The summed E-state index contributed by atoms with van der Waals surface area (Å²) in [6, 6.07) is 9.23. The van der Waals surface area contributed by atoms with Gasteiger partial charge in [0.1, 0.15) is 10.9 Å². The molecule has 0 fully saturated rings. The minimum absolute atomic E-state index is 0.219. The Morgan fingerprint density at radius 3 is 2.74 bits per heavy atom. The summed E-state index contributed by atoms with van der Waals surface area (Å²) in [4.78, 5) is 17.2. The average Bonchev–Trinajstić information content (AvgIpc) is 2.80. The smallest absolute Gasteiger partial charge is 0.347 e. The number of benzene rings is 1. The number of rotatable bonds is 3. The van der Waals surface area contributed by atoms with Gasteiger partial charge in [-0.3, -0.25) is 0 Å². The minimum atomic E-state index is -0.983. The van der Waals surface area contributed by atoms with Gasteiger partial charge in [0.15, 0.2) is 5.13 Å². The van der Waals surface area contributed by atoms with Crippen molar-refractivity contribution in [2.24, 2.45) is 0 Å². The first kappa shape index (κ1) is 13.1. The first-order chi connectivity index (χ1) is 9.04. The van der Waals surface area contributed by atoms with Gasteiger partial charge < -0.3 is 10.0 Å². The third-order valence-electron chi connectivity index (χ3n) is 2.65. The number of aromatic carboxylic acids is 1. The van der Waals surface area contributed by atoms with Gasteiger partial charge in [-0.2, -0.15) is 5.26 Å². The van der Waals surface area contributed by atoms with Crippen LogP contribution in [0.3, 0.4) is 0 Å². The van der Waals surface area contributed by atoms with Gasteiger partial charge in [0.25, 0.3) is 0 Å². The van der Waals surface area contributed by atoms with E-state index in [2.05, 4.69) is 11.1 Å². The molecule has 0 atom stereocenters. The van der Waals surface area contributed by atoms with Crippen LogP contribution in [-0.4, -0.2) is 23.1 Å². The van der Waals surface area contributed by atoms with Crippen LogP contribution in [0.2, 0.25) is 0 Å². The molecule has 0 spiro atoms. The minimum Gasteiger partial charge on any atom is -0.477 e. The molecule has 1 N–H and O–H groups in total. The van der Waals surface area contributed by atoms with E-state index in [0.717, 1.165) is 11.3 Å². The van der Waals surface area contributed by atoms with Gasteiger partial charge >= 0.3 is 5.97 Å². The Labute approximate surface area is 114 Å². The number of anilines is 2. The van der Waals surface area contributed by atoms with E-state index in [0.29, 0.717) is 22.1 Å². The van der Waals surface area contributed by atoms with Crippen molar-refractivity contribution in [2.45, 2.75) is 6.92 Å². The van der Waals surface area contributed by atoms with E-state index in [1.165, 1.54) is 0 Å². The van der Waals surface area contributed by atoms with Crippen molar-refractivity contribution in [2.75, 3.05) is 11.9 Å². The second-order valence-corrected chi connectivity index (χ2v) is 4.88. The molecule has 0 unspecified atom stereocenters. The summed E-state index contributed by atoms with van der Waals surface area (Å²) in [5, 5.41) is 18.7. The Morgan fingerprint density at radius 1 is 1.47 bits per heavy atom. The summed E-state index contributed by atoms with van der Waals surface area (Å²) in [7, 11) is 1.76. The zero-order valence-corrected chi connectivity index (χ0v) is 11.2. The lowest BCUT2D eigenvalue weighted by Crippen LogP contribution is -2.10. The fraction of sp³-hybridized carbons (Fsp3) is 0.154. The molecule has 2 rings (SSSR count). The second kappa shape index (κ2) is 5.08. The van der Waals surface area contributed by atoms with Gasteiger partial charge in [-0.25, -0.2) is 9.78 Å². The zero-order valence-electron chi connectivity index (χ0n) is 10.4. The molecule has 0 radical (unpaired) electrons. The Bertz CT molecular complexity index is 673. The summed E-state index contributed by atoms with van der Waals surface area (Å²) < 4.78 is 0. The summed E-state index contributed by atoms with van der Waals surface area (Å²) in [5.41, 5.74) is 1.71. The number of carbonyl (C=O) groups is 1. The van der Waals surface area contributed by atoms with Crippen LogP contribution in [0.4, 0.5) is 10.8 Å². The number of hydrogen-bond donors (Lipinski definition) is 1. The van der Waals surface area contributed by atoms with Gasteiger partial charge in [0, 0.05) is 7.05 Å². The largest absolute Gasteiger partial charge is 0.477 e. The van der Waals surface area contributed by atoms with Crippen LogP contribution in [0.25, 0.3) is 0 Å². The first-order valence-corrected chi connectivity index (χ1v) is 6.30. The molecule has 0 saturated carbocycles. The zero-order chi connectivity index (χ0) is 14.0. The molecule has 0 aliphatic carbocycles. The van der Waals surface area contributed by atoms with Crippen LogP contribution < -0.4 is 4.90 Å². The molecular formula is C13H11N3O2S. The van der Waals surface area contributed by atoms with Gasteiger partial charge in [0.05, 0.1) is 16.9 Å². The van der Waals surface area contributed by atoms with E-state index in [-0.39, 0.29) is 4.88 Å². The van der Waals surface area contributed by atoms with E-state index in [9.17, 15) is 4.79 Å². The number of carboxylic acids is 1. The van der Waals surface area contributed by atoms with Crippen molar-refractivity contribution in [3.63, 3.8) is 0 Å².